The van der Waals surface area contributed by atoms with Crippen LogP contribution in [-0.4, -0.2) is 4.57 Å². The number of nitrogens with zero attached hydrogens (tertiary/aromatic N) is 1. The monoisotopic (exact) mass is 1040 g/mol. The van der Waals surface area contributed by atoms with Crippen LogP contribution in [0.4, 0.5) is 0 Å². The van der Waals surface area contributed by atoms with Gasteiger partial charge in [0.1, 0.15) is 0 Å². The van der Waals surface area contributed by atoms with Gasteiger partial charge in [0.2, 0.25) is 0 Å². The summed E-state index contributed by atoms with van der Waals surface area (Å²) in [5, 5.41) is 6.82. The quantitative estimate of drug-likeness (QED) is 0.136. The van der Waals surface area contributed by atoms with Gasteiger partial charge >= 0.3 is 0 Å². The van der Waals surface area contributed by atoms with Crippen LogP contribution in [0.2, 0.25) is 0 Å². The van der Waals surface area contributed by atoms with E-state index in [1.54, 1.807) is 22.7 Å². The number of benzene rings is 11. The summed E-state index contributed by atoms with van der Waals surface area (Å²) < 4.78 is 2.53. The van der Waals surface area contributed by atoms with E-state index in [1.807, 2.05) is 0 Å². The summed E-state index contributed by atoms with van der Waals surface area (Å²) >= 11 is 3.58. The van der Waals surface area contributed by atoms with Gasteiger partial charge < -0.3 is 4.57 Å². The molecule has 0 amide bonds. The Morgan fingerprint density at radius 1 is 0.241 bits per heavy atom. The molecule has 3 aromatic heterocycles. The summed E-state index contributed by atoms with van der Waals surface area (Å²) in [5.74, 6) is 0. The van der Waals surface area contributed by atoms with Crippen LogP contribution >= 0.6 is 22.7 Å². The second kappa shape index (κ2) is 18.7. The molecule has 3 heterocycles. The standard InChI is InChI=1S/C76H49NS2/c1-3-13-48(14-4-1)56-37-58(42-64(40-56)75-21-11-31-78-75)60-39-61(59-38-57(49-15-5-2-6-16-49)41-65(43-59)76-22-12-32-79-76)45-66(44-60)77-73-29-25-52(50-23-27-69-62(33-50)35-54-17-7-9-19-67(54)69)46-71(73)72-47-53(26-30-74(72)77)51-24-28-70-63(34-51)36-55-18-8-10-20-68(55)70/h1-34,37-47H,35-36H2. The van der Waals surface area contributed by atoms with Gasteiger partial charge in [-0.2, -0.15) is 0 Å². The lowest BCUT2D eigenvalue weighted by Gasteiger charge is -2.17. The van der Waals surface area contributed by atoms with Crippen molar-refractivity contribution >= 4 is 44.5 Å². The maximum atomic E-state index is 2.53. The number of hydrogen-bond donors (Lipinski definition) is 0. The second-order valence-corrected chi connectivity index (χ2v) is 23.2. The zero-order valence-electron chi connectivity index (χ0n) is 43.2. The van der Waals surface area contributed by atoms with Gasteiger partial charge in [-0.1, -0.05) is 170 Å². The number of fused-ring (bicyclic) bond motifs is 9. The van der Waals surface area contributed by atoms with Crippen LogP contribution in [0.25, 0.3) is 137 Å². The van der Waals surface area contributed by atoms with E-state index in [0.717, 1.165) is 29.7 Å². The fourth-order valence-corrected chi connectivity index (χ4v) is 14.2. The highest BCUT2D eigenvalue weighted by molar-refractivity contribution is 7.13. The average Bonchev–Trinajstić information content (AvgIpc) is 4.43. The van der Waals surface area contributed by atoms with Crippen molar-refractivity contribution in [3.05, 3.63) is 294 Å². The molecule has 14 aromatic rings. The van der Waals surface area contributed by atoms with Crippen LogP contribution in [0.1, 0.15) is 22.3 Å². The molecule has 16 rings (SSSR count). The van der Waals surface area contributed by atoms with Crippen LogP contribution in [0.15, 0.2) is 272 Å². The molecule has 2 aliphatic rings. The Bertz CT molecular complexity index is 4400. The summed E-state index contributed by atoms with van der Waals surface area (Å²) in [6.07, 6.45) is 1.92. The number of rotatable bonds is 9. The van der Waals surface area contributed by atoms with E-state index in [1.165, 1.54) is 143 Å². The lowest BCUT2D eigenvalue weighted by Crippen LogP contribution is -1.97. The van der Waals surface area contributed by atoms with Crippen molar-refractivity contribution in [2.45, 2.75) is 12.8 Å². The van der Waals surface area contributed by atoms with Crippen LogP contribution < -0.4 is 0 Å². The lowest BCUT2D eigenvalue weighted by atomic mass is 9.91. The third-order valence-electron chi connectivity index (χ3n) is 16.6. The minimum atomic E-state index is 0.959. The third-order valence-corrected chi connectivity index (χ3v) is 18.4. The fraction of sp³-hybridized carbons (Fsp3) is 0.0263. The first-order valence-electron chi connectivity index (χ1n) is 27.2. The largest absolute Gasteiger partial charge is 0.309 e. The van der Waals surface area contributed by atoms with Gasteiger partial charge in [0.15, 0.2) is 0 Å². The summed E-state index contributed by atoms with van der Waals surface area (Å²) in [4.78, 5) is 2.50. The molecule has 0 aliphatic heterocycles. The average molecular weight is 1040 g/mol. The summed E-state index contributed by atoms with van der Waals surface area (Å²) in [6.45, 7) is 0. The molecule has 0 spiro atoms. The van der Waals surface area contributed by atoms with Crippen molar-refractivity contribution in [2.24, 2.45) is 0 Å². The van der Waals surface area contributed by atoms with Gasteiger partial charge in [-0.15, -0.1) is 22.7 Å². The normalized spacial score (nSPS) is 12.2. The zero-order chi connectivity index (χ0) is 52.0. The van der Waals surface area contributed by atoms with E-state index in [4.69, 9.17) is 0 Å². The Morgan fingerprint density at radius 2 is 0.608 bits per heavy atom. The summed E-state index contributed by atoms with van der Waals surface area (Å²) in [6, 6.07) is 98.4. The number of thiophene rings is 2. The Morgan fingerprint density at radius 3 is 1.05 bits per heavy atom. The van der Waals surface area contributed by atoms with E-state index < -0.39 is 0 Å². The summed E-state index contributed by atoms with van der Waals surface area (Å²) in [7, 11) is 0. The molecule has 1 nitrogen and oxygen atoms in total. The van der Waals surface area contributed by atoms with E-state index >= 15 is 0 Å². The second-order valence-electron chi connectivity index (χ2n) is 21.3. The molecule has 0 atom stereocenters. The third kappa shape index (κ3) is 8.04. The lowest BCUT2D eigenvalue weighted by molar-refractivity contribution is 1.18. The fourth-order valence-electron chi connectivity index (χ4n) is 12.7. The smallest absolute Gasteiger partial charge is 0.0541 e. The van der Waals surface area contributed by atoms with Gasteiger partial charge in [-0.05, 0) is 237 Å². The molecule has 11 aromatic carbocycles. The highest BCUT2D eigenvalue weighted by atomic mass is 32.1. The van der Waals surface area contributed by atoms with Gasteiger partial charge in [-0.3, -0.25) is 0 Å². The Labute approximate surface area is 468 Å². The van der Waals surface area contributed by atoms with Gasteiger partial charge in [0.05, 0.1) is 11.0 Å². The maximum Gasteiger partial charge on any atom is 0.0541 e. The number of hydrogen-bond acceptors (Lipinski definition) is 2. The molecule has 2 aliphatic carbocycles. The molecule has 0 unspecified atom stereocenters. The predicted octanol–water partition coefficient (Wildman–Crippen LogP) is 21.4. The minimum absolute atomic E-state index is 0.959. The highest BCUT2D eigenvalue weighted by Gasteiger charge is 2.23. The Balaban J connectivity index is 0.934. The van der Waals surface area contributed by atoms with E-state index in [9.17, 15) is 0 Å². The zero-order valence-corrected chi connectivity index (χ0v) is 44.8. The van der Waals surface area contributed by atoms with Gasteiger partial charge in [0.25, 0.3) is 0 Å². The first-order chi connectivity index (χ1) is 39.1. The molecular weight excluding hydrogens is 991 g/mol. The van der Waals surface area contributed by atoms with E-state index in [2.05, 4.69) is 276 Å². The molecular formula is C76H49NS2. The predicted molar refractivity (Wildman–Crippen MR) is 337 cm³/mol. The van der Waals surface area contributed by atoms with Crippen molar-refractivity contribution in [3.8, 4) is 116 Å². The van der Waals surface area contributed by atoms with Crippen LogP contribution in [0.3, 0.4) is 0 Å². The minimum Gasteiger partial charge on any atom is -0.309 e. The molecule has 0 saturated carbocycles. The Kier molecular flexibility index (Phi) is 10.8. The molecule has 79 heavy (non-hydrogen) atoms. The SMILES string of the molecule is c1ccc(-c2cc(-c3cc(-c4cc(-c5ccccc5)cc(-c5cccs5)c4)cc(-n4c5ccc(-c6ccc7c(c6)Cc6ccccc6-7)cc5c5cc(-c6ccc7c(c6)Cc6ccccc6-7)ccc54)c3)cc(-c3cccs3)c2)cc1. The van der Waals surface area contributed by atoms with Crippen molar-refractivity contribution in [1.82, 2.24) is 4.57 Å². The van der Waals surface area contributed by atoms with Crippen molar-refractivity contribution in [3.63, 3.8) is 0 Å². The van der Waals surface area contributed by atoms with Crippen LogP contribution in [0, 0.1) is 0 Å². The first-order valence-corrected chi connectivity index (χ1v) is 29.0. The highest BCUT2D eigenvalue weighted by Crippen LogP contribution is 2.45. The molecule has 0 N–H and O–H groups in total. The molecule has 0 bridgehead atoms. The molecule has 0 saturated heterocycles. The molecule has 0 radical (unpaired) electrons. The number of aromatic nitrogens is 1. The van der Waals surface area contributed by atoms with Crippen LogP contribution in [0.5, 0.6) is 0 Å². The summed E-state index contributed by atoms with van der Waals surface area (Å²) in [5.41, 5.74) is 31.3. The van der Waals surface area contributed by atoms with Crippen molar-refractivity contribution < 1.29 is 0 Å². The molecule has 0 fully saturated rings. The van der Waals surface area contributed by atoms with E-state index in [0.29, 0.717) is 0 Å². The first kappa shape index (κ1) is 45.8. The van der Waals surface area contributed by atoms with Gasteiger partial charge in [-0.25, -0.2) is 0 Å². The Hall–Kier alpha value is -9.38. The van der Waals surface area contributed by atoms with Gasteiger partial charge in [0, 0.05) is 26.2 Å². The maximum absolute atomic E-state index is 2.53. The molecule has 3 heteroatoms. The van der Waals surface area contributed by atoms with E-state index in [-0.39, 0.29) is 0 Å². The molecule has 370 valence electrons. The van der Waals surface area contributed by atoms with Crippen LogP contribution in [-0.2, 0) is 12.8 Å². The van der Waals surface area contributed by atoms with Crippen molar-refractivity contribution in [2.75, 3.05) is 0 Å². The van der Waals surface area contributed by atoms with Crippen molar-refractivity contribution in [1.29, 1.82) is 0 Å². The topological polar surface area (TPSA) is 4.93 Å².